The first-order valence-electron chi connectivity index (χ1n) is 6.20. The molecular formula is C12H24N2O3. The van der Waals surface area contributed by atoms with Crippen molar-refractivity contribution in [2.75, 3.05) is 6.54 Å². The van der Waals surface area contributed by atoms with Crippen molar-refractivity contribution in [1.29, 1.82) is 0 Å². The van der Waals surface area contributed by atoms with E-state index in [1.807, 2.05) is 0 Å². The summed E-state index contributed by atoms with van der Waals surface area (Å²) in [5, 5.41) is 11.4. The first-order valence-corrected chi connectivity index (χ1v) is 6.20. The highest BCUT2D eigenvalue weighted by molar-refractivity contribution is 5.79. The summed E-state index contributed by atoms with van der Waals surface area (Å²) in [6, 6.07) is -0.310. The van der Waals surface area contributed by atoms with Gasteiger partial charge in [0.05, 0.1) is 13.0 Å². The molecule has 0 aliphatic rings. The van der Waals surface area contributed by atoms with Crippen molar-refractivity contribution in [3.8, 4) is 0 Å². The van der Waals surface area contributed by atoms with Gasteiger partial charge >= 0.3 is 5.97 Å². The van der Waals surface area contributed by atoms with Crippen LogP contribution in [0, 0.1) is 5.92 Å². The maximum atomic E-state index is 11.2. The third kappa shape index (κ3) is 8.68. The maximum Gasteiger partial charge on any atom is 0.305 e. The van der Waals surface area contributed by atoms with E-state index in [9.17, 15) is 9.59 Å². The second-order valence-electron chi connectivity index (χ2n) is 4.55. The Bertz CT molecular complexity index is 244. The molecule has 4 N–H and O–H groups in total. The molecule has 0 rings (SSSR count). The lowest BCUT2D eigenvalue weighted by Gasteiger charge is -2.20. The molecule has 0 radical (unpaired) electrons. The van der Waals surface area contributed by atoms with Gasteiger partial charge in [0.2, 0.25) is 5.91 Å². The van der Waals surface area contributed by atoms with Gasteiger partial charge in [0, 0.05) is 6.04 Å². The Balaban J connectivity index is 4.17. The number of carbonyl (C=O) groups is 2. The van der Waals surface area contributed by atoms with E-state index in [0.717, 1.165) is 19.3 Å². The number of carboxylic acid groups (broad SMARTS) is 1. The van der Waals surface area contributed by atoms with E-state index in [0.29, 0.717) is 12.3 Å². The van der Waals surface area contributed by atoms with Crippen LogP contribution >= 0.6 is 0 Å². The van der Waals surface area contributed by atoms with Gasteiger partial charge in [0.15, 0.2) is 0 Å². The fraction of sp³-hybridized carbons (Fsp3) is 0.833. The molecule has 17 heavy (non-hydrogen) atoms. The van der Waals surface area contributed by atoms with Crippen molar-refractivity contribution in [3.05, 3.63) is 0 Å². The molecule has 0 aromatic heterocycles. The molecule has 0 saturated heterocycles. The van der Waals surface area contributed by atoms with Crippen molar-refractivity contribution in [2.24, 2.45) is 11.7 Å². The monoisotopic (exact) mass is 244 g/mol. The largest absolute Gasteiger partial charge is 0.481 e. The molecule has 5 nitrogen and oxygen atoms in total. The molecule has 0 aromatic rings. The molecule has 0 saturated carbocycles. The number of hydrogen-bond acceptors (Lipinski definition) is 3. The van der Waals surface area contributed by atoms with Crippen molar-refractivity contribution < 1.29 is 14.7 Å². The highest BCUT2D eigenvalue weighted by Gasteiger charge is 2.18. The predicted molar refractivity (Wildman–Crippen MR) is 66.5 cm³/mol. The van der Waals surface area contributed by atoms with E-state index in [1.165, 1.54) is 0 Å². The summed E-state index contributed by atoms with van der Waals surface area (Å²) < 4.78 is 0. The minimum atomic E-state index is -0.894. The van der Waals surface area contributed by atoms with Crippen LogP contribution in [0.5, 0.6) is 0 Å². The minimum absolute atomic E-state index is 0.0395. The van der Waals surface area contributed by atoms with E-state index < -0.39 is 5.97 Å². The molecule has 0 fully saturated rings. The number of carbonyl (C=O) groups excluding carboxylic acids is 1. The zero-order valence-electron chi connectivity index (χ0n) is 10.7. The molecule has 1 unspecified atom stereocenters. The van der Waals surface area contributed by atoms with E-state index in [1.54, 1.807) is 0 Å². The molecule has 100 valence electrons. The second kappa shape index (κ2) is 8.98. The molecule has 2 atom stereocenters. The second-order valence-corrected chi connectivity index (χ2v) is 4.55. The Morgan fingerprint density at radius 1 is 1.41 bits per heavy atom. The molecule has 1 amide bonds. The van der Waals surface area contributed by atoms with Gasteiger partial charge in [-0.3, -0.25) is 9.59 Å². The number of hydrogen-bond donors (Lipinski definition) is 3. The summed E-state index contributed by atoms with van der Waals surface area (Å²) >= 11 is 0. The van der Waals surface area contributed by atoms with Gasteiger partial charge in [-0.05, 0) is 12.3 Å². The van der Waals surface area contributed by atoms with Crippen LogP contribution in [0.1, 0.15) is 46.0 Å². The first-order chi connectivity index (χ1) is 7.99. The summed E-state index contributed by atoms with van der Waals surface area (Å²) in [7, 11) is 0. The van der Waals surface area contributed by atoms with Gasteiger partial charge in [0.25, 0.3) is 0 Å². The van der Waals surface area contributed by atoms with Crippen molar-refractivity contribution >= 4 is 11.9 Å². The van der Waals surface area contributed by atoms with E-state index in [-0.39, 0.29) is 24.9 Å². The van der Waals surface area contributed by atoms with Crippen molar-refractivity contribution in [1.82, 2.24) is 5.32 Å². The number of aliphatic carboxylic acids is 1. The number of amides is 1. The van der Waals surface area contributed by atoms with Crippen LogP contribution in [0.3, 0.4) is 0 Å². The van der Waals surface area contributed by atoms with Crippen molar-refractivity contribution in [3.63, 3.8) is 0 Å². The van der Waals surface area contributed by atoms with Gasteiger partial charge < -0.3 is 16.2 Å². The molecule has 0 heterocycles. The summed E-state index contributed by atoms with van der Waals surface area (Å²) in [5.41, 5.74) is 5.20. The van der Waals surface area contributed by atoms with Gasteiger partial charge in [0.1, 0.15) is 0 Å². The minimum Gasteiger partial charge on any atom is -0.481 e. The Morgan fingerprint density at radius 2 is 2.06 bits per heavy atom. The van der Waals surface area contributed by atoms with E-state index in [4.69, 9.17) is 10.8 Å². The fourth-order valence-electron chi connectivity index (χ4n) is 1.85. The Labute approximate surface area is 103 Å². The summed E-state index contributed by atoms with van der Waals surface area (Å²) in [6.45, 7) is 4.11. The van der Waals surface area contributed by atoms with Crippen LogP contribution in [-0.4, -0.2) is 29.6 Å². The van der Waals surface area contributed by atoms with E-state index in [2.05, 4.69) is 19.2 Å². The highest BCUT2D eigenvalue weighted by atomic mass is 16.4. The molecule has 0 bridgehead atoms. The fourth-order valence-corrected chi connectivity index (χ4v) is 1.85. The lowest BCUT2D eigenvalue weighted by molar-refractivity contribution is -0.137. The summed E-state index contributed by atoms with van der Waals surface area (Å²) in [4.78, 5) is 21.9. The smallest absolute Gasteiger partial charge is 0.305 e. The molecule has 0 spiro atoms. The number of nitrogens with two attached hydrogens (primary N) is 1. The van der Waals surface area contributed by atoms with Gasteiger partial charge in [-0.2, -0.15) is 0 Å². The Hall–Kier alpha value is -1.10. The first kappa shape index (κ1) is 15.9. The summed E-state index contributed by atoms with van der Waals surface area (Å²) in [5.74, 6) is -0.772. The average Bonchev–Trinajstić information content (AvgIpc) is 2.25. The quantitative estimate of drug-likeness (QED) is 0.566. The normalized spacial score (nSPS) is 14.1. The van der Waals surface area contributed by atoms with Crippen LogP contribution in [0.25, 0.3) is 0 Å². The van der Waals surface area contributed by atoms with Crippen LogP contribution in [-0.2, 0) is 9.59 Å². The zero-order valence-corrected chi connectivity index (χ0v) is 10.7. The summed E-state index contributed by atoms with van der Waals surface area (Å²) in [6.07, 6.45) is 3.97. The Morgan fingerprint density at radius 3 is 2.53 bits per heavy atom. The number of rotatable bonds is 9. The average molecular weight is 244 g/mol. The Kier molecular flexibility index (Phi) is 8.40. The van der Waals surface area contributed by atoms with Gasteiger partial charge in [-0.15, -0.1) is 0 Å². The van der Waals surface area contributed by atoms with Crippen LogP contribution < -0.4 is 11.1 Å². The number of unbranched alkanes of at least 4 members (excludes halogenated alkanes) is 1. The highest BCUT2D eigenvalue weighted by Crippen LogP contribution is 2.15. The lowest BCUT2D eigenvalue weighted by Crippen LogP contribution is -2.40. The topological polar surface area (TPSA) is 92.4 Å². The molecular weight excluding hydrogens is 220 g/mol. The van der Waals surface area contributed by atoms with E-state index >= 15 is 0 Å². The third-order valence-corrected chi connectivity index (χ3v) is 2.71. The van der Waals surface area contributed by atoms with Crippen LogP contribution in [0.15, 0.2) is 0 Å². The van der Waals surface area contributed by atoms with Crippen LogP contribution in [0.2, 0.25) is 0 Å². The molecule has 0 aromatic carbocycles. The number of nitrogens with one attached hydrogen (secondary N) is 1. The van der Waals surface area contributed by atoms with Gasteiger partial charge in [-0.25, -0.2) is 0 Å². The zero-order chi connectivity index (χ0) is 13.3. The predicted octanol–water partition coefficient (Wildman–Crippen LogP) is 1.12. The lowest BCUT2D eigenvalue weighted by atomic mass is 9.94. The molecule has 0 aliphatic carbocycles. The SMILES string of the molecule is CCCCC(C)C[C@@H](CC(=O)O)NC(=O)CN. The third-order valence-electron chi connectivity index (χ3n) is 2.71. The maximum absolute atomic E-state index is 11.2. The number of carboxylic acids is 1. The van der Waals surface area contributed by atoms with Crippen LogP contribution in [0.4, 0.5) is 0 Å². The molecule has 5 heteroatoms. The van der Waals surface area contributed by atoms with Crippen molar-refractivity contribution in [2.45, 2.75) is 52.0 Å². The standard InChI is InChI=1S/C12H24N2O3/c1-3-4-5-9(2)6-10(7-12(16)17)14-11(15)8-13/h9-10H,3-8,13H2,1-2H3,(H,14,15)(H,16,17)/t9?,10-/m0/s1. The van der Waals surface area contributed by atoms with Gasteiger partial charge in [-0.1, -0.05) is 33.1 Å². The molecule has 0 aliphatic heterocycles.